The van der Waals surface area contributed by atoms with E-state index >= 15 is 0 Å². The molecular formula is C13H17N3O4. The molecule has 4 N–H and O–H groups in total. The zero-order chi connectivity index (χ0) is 14.8. The molecule has 0 saturated heterocycles. The number of rotatable bonds is 5. The van der Waals surface area contributed by atoms with Gasteiger partial charge < -0.3 is 16.2 Å². The molecule has 0 aliphatic heterocycles. The number of hydrogen-bond donors (Lipinski definition) is 3. The summed E-state index contributed by atoms with van der Waals surface area (Å²) in [5.41, 5.74) is 5.51. The zero-order valence-corrected chi connectivity index (χ0v) is 11.0. The Morgan fingerprint density at radius 2 is 2.20 bits per heavy atom. The summed E-state index contributed by atoms with van der Waals surface area (Å²) in [7, 11) is 0. The maximum Gasteiger partial charge on any atom is 0.273 e. The number of hydrogen-bond acceptors (Lipinski definition) is 5. The number of nitro benzene ring substituents is 1. The van der Waals surface area contributed by atoms with Crippen molar-refractivity contribution in [2.75, 3.05) is 11.9 Å². The third kappa shape index (κ3) is 2.88. The molecule has 1 amide bonds. The molecular weight excluding hydrogens is 262 g/mol. The molecule has 0 radical (unpaired) electrons. The lowest BCUT2D eigenvalue weighted by molar-refractivity contribution is -0.384. The summed E-state index contributed by atoms with van der Waals surface area (Å²) in [5.74, 6) is -0.553. The number of non-ortho nitro benzene ring substituents is 1. The van der Waals surface area contributed by atoms with Gasteiger partial charge in [0.25, 0.3) is 5.69 Å². The molecule has 0 heterocycles. The minimum atomic E-state index is -0.608. The second-order valence-corrected chi connectivity index (χ2v) is 5.24. The number of nitrogens with one attached hydrogen (secondary N) is 1. The molecule has 2 rings (SSSR count). The highest BCUT2D eigenvalue weighted by Gasteiger charge is 2.37. The first-order chi connectivity index (χ1) is 9.46. The van der Waals surface area contributed by atoms with Crippen molar-refractivity contribution in [1.82, 2.24) is 0 Å². The van der Waals surface area contributed by atoms with Gasteiger partial charge in [-0.25, -0.2) is 0 Å². The van der Waals surface area contributed by atoms with Crippen LogP contribution >= 0.6 is 0 Å². The number of aromatic hydroxyl groups is 1. The van der Waals surface area contributed by atoms with Gasteiger partial charge in [0.1, 0.15) is 5.75 Å². The molecule has 0 bridgehead atoms. The second kappa shape index (κ2) is 5.46. The van der Waals surface area contributed by atoms with E-state index in [2.05, 4.69) is 5.32 Å². The van der Waals surface area contributed by atoms with E-state index in [1.807, 2.05) is 0 Å². The standard InChI is InChI=1S/C13H17N3O4/c14-8-13(4-1-5-13)7-12(18)15-10-3-2-9(16(19)20)6-11(10)17/h2-3,6,17H,1,4-5,7-8,14H2,(H,15,18). The van der Waals surface area contributed by atoms with Gasteiger partial charge in [-0.15, -0.1) is 0 Å². The molecule has 0 unspecified atom stereocenters. The van der Waals surface area contributed by atoms with Crippen molar-refractivity contribution < 1.29 is 14.8 Å². The van der Waals surface area contributed by atoms with Crippen LogP contribution in [0.5, 0.6) is 5.75 Å². The Labute approximate surface area is 115 Å². The summed E-state index contributed by atoms with van der Waals surface area (Å²) >= 11 is 0. The number of anilines is 1. The Hall–Kier alpha value is -2.15. The van der Waals surface area contributed by atoms with Gasteiger partial charge in [0, 0.05) is 12.5 Å². The Morgan fingerprint density at radius 3 is 2.65 bits per heavy atom. The number of carbonyl (C=O) groups excluding carboxylic acids is 1. The maximum atomic E-state index is 11.9. The largest absolute Gasteiger partial charge is 0.506 e. The van der Waals surface area contributed by atoms with Gasteiger partial charge in [0.05, 0.1) is 16.7 Å². The first kappa shape index (κ1) is 14.3. The van der Waals surface area contributed by atoms with Crippen LogP contribution in [-0.2, 0) is 4.79 Å². The predicted octanol–water partition coefficient (Wildman–Crippen LogP) is 1.76. The molecule has 20 heavy (non-hydrogen) atoms. The molecule has 1 saturated carbocycles. The Balaban J connectivity index is 2.02. The van der Waals surface area contributed by atoms with Gasteiger partial charge in [0.2, 0.25) is 5.91 Å². The summed E-state index contributed by atoms with van der Waals surface area (Å²) in [4.78, 5) is 21.9. The van der Waals surface area contributed by atoms with Crippen LogP contribution < -0.4 is 11.1 Å². The average Bonchev–Trinajstić information content (AvgIpc) is 2.36. The van der Waals surface area contributed by atoms with Crippen LogP contribution in [0.4, 0.5) is 11.4 Å². The number of phenolic OH excluding ortho intramolecular Hbond substituents is 1. The fourth-order valence-corrected chi connectivity index (χ4v) is 2.40. The van der Waals surface area contributed by atoms with E-state index in [0.717, 1.165) is 25.3 Å². The summed E-state index contributed by atoms with van der Waals surface area (Å²) in [6.07, 6.45) is 3.25. The molecule has 1 aliphatic carbocycles. The minimum Gasteiger partial charge on any atom is -0.506 e. The lowest BCUT2D eigenvalue weighted by Gasteiger charge is -2.40. The Bertz CT molecular complexity index is 535. The second-order valence-electron chi connectivity index (χ2n) is 5.24. The topological polar surface area (TPSA) is 118 Å². The molecule has 1 aliphatic rings. The highest BCUT2D eigenvalue weighted by atomic mass is 16.6. The van der Waals surface area contributed by atoms with Gasteiger partial charge in [-0.05, 0) is 30.9 Å². The number of nitrogens with zero attached hydrogens (tertiary/aromatic N) is 1. The number of nitro groups is 1. The Kier molecular flexibility index (Phi) is 3.89. The SMILES string of the molecule is NCC1(CC(=O)Nc2ccc([N+](=O)[O-])cc2O)CCC1. The van der Waals surface area contributed by atoms with Crippen LogP contribution in [0, 0.1) is 15.5 Å². The minimum absolute atomic E-state index is 0.125. The monoisotopic (exact) mass is 279 g/mol. The van der Waals surface area contributed by atoms with Crippen LogP contribution in [0.15, 0.2) is 18.2 Å². The smallest absolute Gasteiger partial charge is 0.273 e. The fraction of sp³-hybridized carbons (Fsp3) is 0.462. The molecule has 7 nitrogen and oxygen atoms in total. The van der Waals surface area contributed by atoms with Crippen molar-refractivity contribution in [3.63, 3.8) is 0 Å². The fourth-order valence-electron chi connectivity index (χ4n) is 2.40. The Morgan fingerprint density at radius 1 is 1.50 bits per heavy atom. The molecule has 1 aromatic carbocycles. The van der Waals surface area contributed by atoms with Crippen molar-refractivity contribution in [3.05, 3.63) is 28.3 Å². The number of phenols is 1. The summed E-state index contributed by atoms with van der Waals surface area (Å²) in [6, 6.07) is 3.57. The third-order valence-corrected chi connectivity index (χ3v) is 3.85. The highest BCUT2D eigenvalue weighted by molar-refractivity contribution is 5.92. The van der Waals surface area contributed by atoms with Gasteiger partial charge in [0.15, 0.2) is 0 Å². The zero-order valence-electron chi connectivity index (χ0n) is 11.0. The normalized spacial score (nSPS) is 16.2. The summed E-state index contributed by atoms with van der Waals surface area (Å²) in [6.45, 7) is 0.465. The number of nitrogens with two attached hydrogens (primary N) is 1. The third-order valence-electron chi connectivity index (χ3n) is 3.85. The quantitative estimate of drug-likeness (QED) is 0.431. The lowest BCUT2D eigenvalue weighted by atomic mass is 9.66. The van der Waals surface area contributed by atoms with Crippen molar-refractivity contribution in [3.8, 4) is 5.75 Å². The van der Waals surface area contributed by atoms with Crippen LogP contribution in [0.2, 0.25) is 0 Å². The molecule has 7 heteroatoms. The highest BCUT2D eigenvalue weighted by Crippen LogP contribution is 2.43. The van der Waals surface area contributed by atoms with Gasteiger partial charge in [-0.1, -0.05) is 6.42 Å². The maximum absolute atomic E-state index is 11.9. The summed E-state index contributed by atoms with van der Waals surface area (Å²) in [5, 5.41) is 22.8. The van der Waals surface area contributed by atoms with E-state index in [4.69, 9.17) is 5.73 Å². The first-order valence-corrected chi connectivity index (χ1v) is 6.43. The predicted molar refractivity (Wildman–Crippen MR) is 73.3 cm³/mol. The number of amides is 1. The molecule has 108 valence electrons. The van der Waals surface area contributed by atoms with Crippen molar-refractivity contribution in [1.29, 1.82) is 0 Å². The van der Waals surface area contributed by atoms with Gasteiger partial charge in [-0.2, -0.15) is 0 Å². The summed E-state index contributed by atoms with van der Waals surface area (Å²) < 4.78 is 0. The van der Waals surface area contributed by atoms with Crippen LogP contribution in [0.3, 0.4) is 0 Å². The molecule has 0 spiro atoms. The van der Waals surface area contributed by atoms with Crippen LogP contribution in [-0.4, -0.2) is 22.5 Å². The van der Waals surface area contributed by atoms with E-state index in [0.29, 0.717) is 13.0 Å². The van der Waals surface area contributed by atoms with Crippen LogP contribution in [0.1, 0.15) is 25.7 Å². The van der Waals surface area contributed by atoms with E-state index in [9.17, 15) is 20.0 Å². The van der Waals surface area contributed by atoms with Crippen molar-refractivity contribution >= 4 is 17.3 Å². The molecule has 1 aromatic rings. The molecule has 1 fully saturated rings. The van der Waals surface area contributed by atoms with Gasteiger partial charge in [-0.3, -0.25) is 14.9 Å². The molecule has 0 aromatic heterocycles. The lowest BCUT2D eigenvalue weighted by Crippen LogP contribution is -2.40. The first-order valence-electron chi connectivity index (χ1n) is 6.43. The van der Waals surface area contributed by atoms with Crippen LogP contribution in [0.25, 0.3) is 0 Å². The average molecular weight is 279 g/mol. The molecule has 0 atom stereocenters. The van der Waals surface area contributed by atoms with E-state index < -0.39 is 4.92 Å². The van der Waals surface area contributed by atoms with Gasteiger partial charge >= 0.3 is 0 Å². The van der Waals surface area contributed by atoms with E-state index in [1.165, 1.54) is 12.1 Å². The number of carbonyl (C=O) groups is 1. The number of benzene rings is 1. The van der Waals surface area contributed by atoms with E-state index in [-0.39, 0.29) is 28.4 Å². The van der Waals surface area contributed by atoms with Crippen molar-refractivity contribution in [2.45, 2.75) is 25.7 Å². The van der Waals surface area contributed by atoms with E-state index in [1.54, 1.807) is 0 Å². The van der Waals surface area contributed by atoms with Crippen molar-refractivity contribution in [2.24, 2.45) is 11.1 Å².